The van der Waals surface area contributed by atoms with Crippen molar-refractivity contribution in [2.24, 2.45) is 5.73 Å². The Morgan fingerprint density at radius 3 is 2.38 bits per heavy atom. The first-order valence-electron chi connectivity index (χ1n) is 5.45. The monoisotopic (exact) mass is 232 g/mol. The Hall–Kier alpha value is -0.650. The van der Waals surface area contributed by atoms with Crippen molar-refractivity contribution >= 4 is 5.91 Å². The number of carbonyl (C=O) groups is 1. The number of aliphatic hydroxyl groups is 1. The number of carbonyl (C=O) groups excluding carboxylic acids is 1. The van der Waals surface area contributed by atoms with E-state index in [0.29, 0.717) is 6.54 Å². The van der Waals surface area contributed by atoms with Gasteiger partial charge in [-0.15, -0.1) is 0 Å². The first kappa shape index (κ1) is 15.3. The van der Waals surface area contributed by atoms with E-state index in [0.717, 1.165) is 0 Å². The molecule has 0 rings (SSSR count). The van der Waals surface area contributed by atoms with Gasteiger partial charge in [0.15, 0.2) is 0 Å². The summed E-state index contributed by atoms with van der Waals surface area (Å²) in [7, 11) is 1.75. The molecule has 0 aromatic heterocycles. The van der Waals surface area contributed by atoms with Crippen LogP contribution in [0.15, 0.2) is 0 Å². The highest BCUT2D eigenvalue weighted by molar-refractivity contribution is 5.79. The lowest BCUT2D eigenvalue weighted by molar-refractivity contribution is -0.123. The molecule has 5 heteroatoms. The zero-order chi connectivity index (χ0) is 12.9. The van der Waals surface area contributed by atoms with Crippen LogP contribution in [0.25, 0.3) is 0 Å². The standard InChI is InChI=1S/C11H24N2O3/c1-8(10(12)15)13(5)6-9(14)7-16-11(2,3)4/h8-9,14H,6-7H2,1-5H3,(H2,12,15)/t8-,9?/m1/s1. The molecule has 1 unspecified atom stereocenters. The molecule has 0 heterocycles. The van der Waals surface area contributed by atoms with E-state index < -0.39 is 12.0 Å². The average Bonchev–Trinajstić information content (AvgIpc) is 2.12. The number of nitrogens with two attached hydrogens (primary N) is 1. The number of hydrogen-bond acceptors (Lipinski definition) is 4. The summed E-state index contributed by atoms with van der Waals surface area (Å²) < 4.78 is 5.44. The summed E-state index contributed by atoms with van der Waals surface area (Å²) in [5, 5.41) is 9.69. The van der Waals surface area contributed by atoms with Crippen molar-refractivity contribution in [2.75, 3.05) is 20.2 Å². The minimum absolute atomic E-state index is 0.249. The number of primary amides is 1. The Labute approximate surface area is 97.6 Å². The molecule has 0 aliphatic heterocycles. The molecule has 1 amide bonds. The van der Waals surface area contributed by atoms with E-state index in [1.165, 1.54) is 0 Å². The summed E-state index contributed by atoms with van der Waals surface area (Å²) in [4.78, 5) is 12.6. The fourth-order valence-electron chi connectivity index (χ4n) is 1.11. The zero-order valence-corrected chi connectivity index (χ0v) is 10.9. The van der Waals surface area contributed by atoms with Gasteiger partial charge >= 0.3 is 0 Å². The van der Waals surface area contributed by atoms with Gasteiger partial charge in [0.2, 0.25) is 5.91 Å². The maximum atomic E-state index is 10.9. The maximum absolute atomic E-state index is 10.9. The van der Waals surface area contributed by atoms with E-state index in [9.17, 15) is 9.90 Å². The van der Waals surface area contributed by atoms with Crippen LogP contribution in [0.4, 0.5) is 0 Å². The Morgan fingerprint density at radius 1 is 1.50 bits per heavy atom. The second-order valence-corrected chi connectivity index (χ2v) is 5.10. The molecule has 0 bridgehead atoms. The fraction of sp³-hybridized carbons (Fsp3) is 0.909. The quantitative estimate of drug-likeness (QED) is 0.674. The van der Waals surface area contributed by atoms with E-state index in [-0.39, 0.29) is 18.2 Å². The SMILES string of the molecule is C[C@H](C(N)=O)N(C)CC(O)COC(C)(C)C. The van der Waals surface area contributed by atoms with E-state index in [1.54, 1.807) is 18.9 Å². The number of hydrogen-bond donors (Lipinski definition) is 2. The number of amides is 1. The minimum atomic E-state index is -0.619. The summed E-state index contributed by atoms with van der Waals surface area (Å²) in [5.74, 6) is -0.397. The van der Waals surface area contributed by atoms with Gasteiger partial charge in [0.25, 0.3) is 0 Å². The van der Waals surface area contributed by atoms with Gasteiger partial charge in [-0.3, -0.25) is 9.69 Å². The second kappa shape index (κ2) is 6.18. The molecule has 16 heavy (non-hydrogen) atoms. The summed E-state index contributed by atoms with van der Waals surface area (Å²) in [6, 6.07) is -0.385. The lowest BCUT2D eigenvalue weighted by atomic mass is 10.2. The van der Waals surface area contributed by atoms with E-state index in [2.05, 4.69) is 0 Å². The van der Waals surface area contributed by atoms with Gasteiger partial charge in [-0.1, -0.05) is 0 Å². The van der Waals surface area contributed by atoms with Crippen molar-refractivity contribution in [3.05, 3.63) is 0 Å². The molecule has 0 radical (unpaired) electrons. The molecule has 0 saturated carbocycles. The molecule has 5 nitrogen and oxygen atoms in total. The fourth-order valence-corrected chi connectivity index (χ4v) is 1.11. The van der Waals surface area contributed by atoms with Crippen LogP contribution in [0.2, 0.25) is 0 Å². The summed E-state index contributed by atoms with van der Waals surface area (Å²) in [6.45, 7) is 8.10. The third-order valence-electron chi connectivity index (χ3n) is 2.28. The molecule has 96 valence electrons. The molecule has 0 aromatic rings. The third-order valence-corrected chi connectivity index (χ3v) is 2.28. The molecule has 0 spiro atoms. The molecule has 0 aliphatic carbocycles. The highest BCUT2D eigenvalue weighted by Gasteiger charge is 2.19. The van der Waals surface area contributed by atoms with Crippen LogP contribution in [0.5, 0.6) is 0 Å². The molecule has 0 aromatic carbocycles. The van der Waals surface area contributed by atoms with Crippen LogP contribution in [0, 0.1) is 0 Å². The van der Waals surface area contributed by atoms with Crippen LogP contribution < -0.4 is 5.73 Å². The van der Waals surface area contributed by atoms with E-state index in [4.69, 9.17) is 10.5 Å². The smallest absolute Gasteiger partial charge is 0.234 e. The lowest BCUT2D eigenvalue weighted by Crippen LogP contribution is -2.45. The lowest BCUT2D eigenvalue weighted by Gasteiger charge is -2.27. The number of rotatable bonds is 6. The summed E-state index contributed by atoms with van der Waals surface area (Å²) >= 11 is 0. The number of aliphatic hydroxyl groups excluding tert-OH is 1. The predicted octanol–water partition coefficient (Wildman–Crippen LogP) is -0.0320. The van der Waals surface area contributed by atoms with E-state index in [1.807, 2.05) is 20.8 Å². The highest BCUT2D eigenvalue weighted by Crippen LogP contribution is 2.07. The Morgan fingerprint density at radius 2 is 2.00 bits per heavy atom. The number of nitrogens with zero attached hydrogens (tertiary/aromatic N) is 1. The largest absolute Gasteiger partial charge is 0.389 e. The first-order chi connectivity index (χ1) is 7.13. The zero-order valence-electron chi connectivity index (χ0n) is 10.9. The third kappa shape index (κ3) is 6.76. The molecule has 0 saturated heterocycles. The molecular formula is C11H24N2O3. The van der Waals surface area contributed by atoms with Gasteiger partial charge in [-0.2, -0.15) is 0 Å². The Kier molecular flexibility index (Phi) is 5.92. The molecule has 2 atom stereocenters. The normalized spacial score (nSPS) is 16.2. The van der Waals surface area contributed by atoms with Gasteiger partial charge in [0.05, 0.1) is 24.4 Å². The predicted molar refractivity (Wildman–Crippen MR) is 63.0 cm³/mol. The maximum Gasteiger partial charge on any atom is 0.234 e. The van der Waals surface area contributed by atoms with Crippen molar-refractivity contribution in [3.8, 4) is 0 Å². The highest BCUT2D eigenvalue weighted by atomic mass is 16.5. The van der Waals surface area contributed by atoms with Crippen molar-refractivity contribution in [1.82, 2.24) is 4.90 Å². The van der Waals surface area contributed by atoms with E-state index >= 15 is 0 Å². The van der Waals surface area contributed by atoms with Gasteiger partial charge in [0.1, 0.15) is 0 Å². The van der Waals surface area contributed by atoms with Gasteiger partial charge in [-0.25, -0.2) is 0 Å². The van der Waals surface area contributed by atoms with Crippen molar-refractivity contribution in [1.29, 1.82) is 0 Å². The van der Waals surface area contributed by atoms with Crippen LogP contribution in [0.3, 0.4) is 0 Å². The van der Waals surface area contributed by atoms with Crippen molar-refractivity contribution < 1.29 is 14.6 Å². The molecule has 0 aliphatic rings. The number of ether oxygens (including phenoxy) is 1. The molecular weight excluding hydrogens is 208 g/mol. The van der Waals surface area contributed by atoms with Crippen LogP contribution in [-0.2, 0) is 9.53 Å². The molecule has 3 N–H and O–H groups in total. The molecule has 0 fully saturated rings. The Bertz CT molecular complexity index is 226. The van der Waals surface area contributed by atoms with Crippen molar-refractivity contribution in [2.45, 2.75) is 45.4 Å². The van der Waals surface area contributed by atoms with Crippen LogP contribution in [-0.4, -0.2) is 53.9 Å². The Balaban J connectivity index is 3.96. The minimum Gasteiger partial charge on any atom is -0.389 e. The topological polar surface area (TPSA) is 75.8 Å². The second-order valence-electron chi connectivity index (χ2n) is 5.10. The van der Waals surface area contributed by atoms with Crippen molar-refractivity contribution in [3.63, 3.8) is 0 Å². The van der Waals surface area contributed by atoms with Crippen LogP contribution in [0.1, 0.15) is 27.7 Å². The average molecular weight is 232 g/mol. The summed E-state index contributed by atoms with van der Waals surface area (Å²) in [5.41, 5.74) is 4.89. The number of likely N-dealkylation sites (N-methyl/N-ethyl adjacent to an activating group) is 1. The van der Waals surface area contributed by atoms with Gasteiger partial charge < -0.3 is 15.6 Å². The van der Waals surface area contributed by atoms with Gasteiger partial charge in [-0.05, 0) is 34.7 Å². The first-order valence-corrected chi connectivity index (χ1v) is 5.45. The van der Waals surface area contributed by atoms with Crippen LogP contribution >= 0.6 is 0 Å². The van der Waals surface area contributed by atoms with Gasteiger partial charge in [0, 0.05) is 6.54 Å². The summed E-state index contributed by atoms with van der Waals surface area (Å²) in [6.07, 6.45) is -0.619.